The van der Waals surface area contributed by atoms with Gasteiger partial charge in [0.2, 0.25) is 0 Å². The molecule has 6 nitrogen and oxygen atoms in total. The molecule has 0 fully saturated rings. The summed E-state index contributed by atoms with van der Waals surface area (Å²) in [5, 5.41) is 3.97. The lowest BCUT2D eigenvalue weighted by atomic mass is 10.1. The Morgan fingerprint density at radius 2 is 1.88 bits per heavy atom. The summed E-state index contributed by atoms with van der Waals surface area (Å²) >= 11 is 0. The molecule has 122 valence electrons. The van der Waals surface area contributed by atoms with Gasteiger partial charge in [-0.3, -0.25) is 4.79 Å². The van der Waals surface area contributed by atoms with Gasteiger partial charge in [0.25, 0.3) is 5.91 Å². The van der Waals surface area contributed by atoms with Crippen LogP contribution >= 0.6 is 0 Å². The van der Waals surface area contributed by atoms with Crippen molar-refractivity contribution < 1.29 is 9.21 Å². The van der Waals surface area contributed by atoms with Crippen LogP contribution in [0.5, 0.6) is 0 Å². The standard InChI is InChI=1S/C18H18N4O2/c1-21(2)17-10-9-14(24-17)13-19-20-18(23)15-7-3-4-8-16(15)22-11-5-6-12-22/h3-13H,1-2H3,(H,20,23)/b19-13-. The second-order valence-electron chi connectivity index (χ2n) is 5.38. The highest BCUT2D eigenvalue weighted by Crippen LogP contribution is 2.15. The van der Waals surface area contributed by atoms with E-state index in [0.29, 0.717) is 11.3 Å². The number of carbonyl (C=O) groups excluding carboxylic acids is 1. The first-order chi connectivity index (χ1) is 11.6. The van der Waals surface area contributed by atoms with E-state index in [1.54, 1.807) is 12.1 Å². The predicted octanol–water partition coefficient (Wildman–Crippen LogP) is 2.90. The molecule has 0 saturated carbocycles. The molecule has 0 aliphatic carbocycles. The van der Waals surface area contributed by atoms with Crippen LogP contribution in [-0.2, 0) is 0 Å². The molecule has 0 spiro atoms. The van der Waals surface area contributed by atoms with Gasteiger partial charge in [0.1, 0.15) is 5.76 Å². The maximum absolute atomic E-state index is 12.4. The van der Waals surface area contributed by atoms with Crippen molar-refractivity contribution in [2.24, 2.45) is 5.10 Å². The van der Waals surface area contributed by atoms with Gasteiger partial charge in [0.05, 0.1) is 17.5 Å². The minimum absolute atomic E-state index is 0.282. The van der Waals surface area contributed by atoms with Crippen molar-refractivity contribution >= 4 is 18.0 Å². The summed E-state index contributed by atoms with van der Waals surface area (Å²) < 4.78 is 7.42. The van der Waals surface area contributed by atoms with E-state index in [-0.39, 0.29) is 5.91 Å². The van der Waals surface area contributed by atoms with Crippen molar-refractivity contribution in [3.63, 3.8) is 0 Å². The summed E-state index contributed by atoms with van der Waals surface area (Å²) in [6.45, 7) is 0. The lowest BCUT2D eigenvalue weighted by Gasteiger charge is -2.08. The molecule has 0 aliphatic heterocycles. The van der Waals surface area contributed by atoms with Gasteiger partial charge in [0.15, 0.2) is 5.88 Å². The lowest BCUT2D eigenvalue weighted by Crippen LogP contribution is -2.19. The first-order valence-electron chi connectivity index (χ1n) is 7.48. The number of furan rings is 1. The number of amides is 1. The molecule has 1 amide bonds. The number of hydrogen-bond acceptors (Lipinski definition) is 4. The van der Waals surface area contributed by atoms with Crippen molar-refractivity contribution in [1.82, 2.24) is 9.99 Å². The Morgan fingerprint density at radius 3 is 2.58 bits per heavy atom. The monoisotopic (exact) mass is 322 g/mol. The van der Waals surface area contributed by atoms with E-state index in [2.05, 4.69) is 10.5 Å². The SMILES string of the molecule is CN(C)c1ccc(/C=N\NC(=O)c2ccccc2-n2cccc2)o1. The van der Waals surface area contributed by atoms with Gasteiger partial charge in [0, 0.05) is 32.6 Å². The molecule has 1 aromatic carbocycles. The van der Waals surface area contributed by atoms with E-state index in [4.69, 9.17) is 4.42 Å². The molecule has 0 atom stereocenters. The molecular weight excluding hydrogens is 304 g/mol. The van der Waals surface area contributed by atoms with Crippen molar-refractivity contribution in [2.45, 2.75) is 0 Å². The molecule has 0 bridgehead atoms. The van der Waals surface area contributed by atoms with Crippen LogP contribution in [0, 0.1) is 0 Å². The molecule has 0 aliphatic rings. The molecule has 6 heteroatoms. The summed E-state index contributed by atoms with van der Waals surface area (Å²) in [4.78, 5) is 14.2. The smallest absolute Gasteiger partial charge is 0.273 e. The van der Waals surface area contributed by atoms with E-state index >= 15 is 0 Å². The second-order valence-corrected chi connectivity index (χ2v) is 5.38. The van der Waals surface area contributed by atoms with E-state index < -0.39 is 0 Å². The third-order valence-corrected chi connectivity index (χ3v) is 3.44. The minimum Gasteiger partial charge on any atom is -0.440 e. The Balaban J connectivity index is 1.72. The van der Waals surface area contributed by atoms with E-state index in [1.807, 2.05) is 72.4 Å². The maximum atomic E-state index is 12.4. The number of nitrogens with zero attached hydrogens (tertiary/aromatic N) is 3. The van der Waals surface area contributed by atoms with Crippen LogP contribution in [0.1, 0.15) is 16.1 Å². The van der Waals surface area contributed by atoms with Crippen molar-refractivity contribution in [2.75, 3.05) is 19.0 Å². The van der Waals surface area contributed by atoms with Gasteiger partial charge in [-0.2, -0.15) is 5.10 Å². The summed E-state index contributed by atoms with van der Waals surface area (Å²) in [6.07, 6.45) is 5.26. The largest absolute Gasteiger partial charge is 0.440 e. The molecule has 0 saturated heterocycles. The number of aromatic nitrogens is 1. The third-order valence-electron chi connectivity index (χ3n) is 3.44. The van der Waals surface area contributed by atoms with Crippen LogP contribution in [0.3, 0.4) is 0 Å². The van der Waals surface area contributed by atoms with Crippen LogP contribution in [0.25, 0.3) is 5.69 Å². The fourth-order valence-electron chi connectivity index (χ4n) is 2.25. The van der Waals surface area contributed by atoms with Crippen LogP contribution < -0.4 is 10.3 Å². The molecule has 0 unspecified atom stereocenters. The summed E-state index contributed by atoms with van der Waals surface area (Å²) in [7, 11) is 3.78. The zero-order chi connectivity index (χ0) is 16.9. The van der Waals surface area contributed by atoms with Crippen LogP contribution in [0.4, 0.5) is 5.88 Å². The summed E-state index contributed by atoms with van der Waals surface area (Å²) in [5.41, 5.74) is 3.87. The highest BCUT2D eigenvalue weighted by atomic mass is 16.4. The van der Waals surface area contributed by atoms with Gasteiger partial charge in [-0.1, -0.05) is 12.1 Å². The normalized spacial score (nSPS) is 10.9. The number of rotatable bonds is 5. The topological polar surface area (TPSA) is 62.8 Å². The van der Waals surface area contributed by atoms with Crippen LogP contribution in [0.15, 0.2) is 70.4 Å². The molecule has 3 rings (SSSR count). The fourth-order valence-corrected chi connectivity index (χ4v) is 2.25. The van der Waals surface area contributed by atoms with Gasteiger partial charge in [-0.25, -0.2) is 5.43 Å². The average Bonchev–Trinajstić information content (AvgIpc) is 3.26. The van der Waals surface area contributed by atoms with Crippen LogP contribution in [0.2, 0.25) is 0 Å². The van der Waals surface area contributed by atoms with Gasteiger partial charge in [-0.15, -0.1) is 0 Å². The lowest BCUT2D eigenvalue weighted by molar-refractivity contribution is 0.0955. The first kappa shape index (κ1) is 15.6. The predicted molar refractivity (Wildman–Crippen MR) is 93.9 cm³/mol. The Bertz CT molecular complexity index is 848. The molecule has 3 aromatic rings. The highest BCUT2D eigenvalue weighted by molar-refractivity contribution is 5.98. The number of hydrazone groups is 1. The third kappa shape index (κ3) is 3.38. The molecule has 2 heterocycles. The zero-order valence-electron chi connectivity index (χ0n) is 13.5. The molecule has 24 heavy (non-hydrogen) atoms. The number of nitrogens with one attached hydrogen (secondary N) is 1. The Kier molecular flexibility index (Phi) is 4.47. The van der Waals surface area contributed by atoms with E-state index in [9.17, 15) is 4.79 Å². The number of para-hydroxylation sites is 1. The maximum Gasteiger partial charge on any atom is 0.273 e. The van der Waals surface area contributed by atoms with Crippen molar-refractivity contribution in [1.29, 1.82) is 0 Å². The molecule has 0 radical (unpaired) electrons. The van der Waals surface area contributed by atoms with E-state index in [0.717, 1.165) is 11.6 Å². The summed E-state index contributed by atoms with van der Waals surface area (Å²) in [6, 6.07) is 14.8. The quantitative estimate of drug-likeness (QED) is 0.580. The van der Waals surface area contributed by atoms with Crippen molar-refractivity contribution in [3.8, 4) is 5.69 Å². The minimum atomic E-state index is -0.282. The first-order valence-corrected chi connectivity index (χ1v) is 7.48. The number of hydrogen-bond donors (Lipinski definition) is 1. The number of carbonyl (C=O) groups is 1. The number of anilines is 1. The number of benzene rings is 1. The second kappa shape index (κ2) is 6.87. The Labute approximate surface area is 140 Å². The van der Waals surface area contributed by atoms with Gasteiger partial charge >= 0.3 is 0 Å². The molecule has 2 aromatic heterocycles. The zero-order valence-corrected chi connectivity index (χ0v) is 13.5. The molecular formula is C18H18N4O2. The van der Waals surface area contributed by atoms with E-state index in [1.165, 1.54) is 6.21 Å². The Morgan fingerprint density at radius 1 is 1.12 bits per heavy atom. The molecule has 1 N–H and O–H groups in total. The summed E-state index contributed by atoms with van der Waals surface area (Å²) in [5.74, 6) is 1.01. The highest BCUT2D eigenvalue weighted by Gasteiger charge is 2.11. The Hall–Kier alpha value is -3.28. The van der Waals surface area contributed by atoms with Gasteiger partial charge < -0.3 is 13.9 Å². The van der Waals surface area contributed by atoms with Crippen molar-refractivity contribution in [3.05, 3.63) is 72.2 Å². The average molecular weight is 322 g/mol. The van der Waals surface area contributed by atoms with Crippen LogP contribution in [-0.4, -0.2) is 30.8 Å². The van der Waals surface area contributed by atoms with Gasteiger partial charge in [-0.05, 0) is 30.3 Å². The fraction of sp³-hybridized carbons (Fsp3) is 0.111.